The van der Waals surface area contributed by atoms with E-state index < -0.39 is 6.10 Å². The molecule has 0 radical (unpaired) electrons. The lowest BCUT2D eigenvalue weighted by Gasteiger charge is -2.18. The van der Waals surface area contributed by atoms with E-state index in [1.165, 1.54) is 0 Å². The van der Waals surface area contributed by atoms with Crippen molar-refractivity contribution in [1.82, 2.24) is 10.6 Å². The van der Waals surface area contributed by atoms with E-state index in [-0.39, 0.29) is 5.91 Å². The number of nitrogens with one attached hydrogen (secondary N) is 2. The first-order valence-electron chi connectivity index (χ1n) is 6.34. The van der Waals surface area contributed by atoms with Gasteiger partial charge in [-0.2, -0.15) is 0 Å². The van der Waals surface area contributed by atoms with Gasteiger partial charge in [-0.25, -0.2) is 0 Å². The molecule has 1 aromatic rings. The van der Waals surface area contributed by atoms with Crippen molar-refractivity contribution >= 4 is 17.5 Å². The minimum Gasteiger partial charge on any atom is -0.481 e. The van der Waals surface area contributed by atoms with Gasteiger partial charge < -0.3 is 15.4 Å². The summed E-state index contributed by atoms with van der Waals surface area (Å²) in [7, 11) is 1.58. The summed E-state index contributed by atoms with van der Waals surface area (Å²) in [6.45, 7) is 6.43. The van der Waals surface area contributed by atoms with E-state index in [0.29, 0.717) is 23.4 Å². The number of rotatable bonds is 6. The number of carbonyl (C=O) groups excluding carboxylic acids is 1. The molecule has 106 valence electrons. The first-order valence-corrected chi connectivity index (χ1v) is 6.72. The summed E-state index contributed by atoms with van der Waals surface area (Å²) in [5, 5.41) is 6.49. The summed E-state index contributed by atoms with van der Waals surface area (Å²) in [5.41, 5.74) is 0.869. The number of likely N-dealkylation sites (N-methyl/N-ethyl adjacent to an activating group) is 1. The van der Waals surface area contributed by atoms with Gasteiger partial charge in [0.15, 0.2) is 6.10 Å². The van der Waals surface area contributed by atoms with Gasteiger partial charge in [-0.3, -0.25) is 4.79 Å². The SMILES string of the molecule is CNC(=O)C(C)Oc1cccc(Cl)c1CNC(C)C. The van der Waals surface area contributed by atoms with E-state index in [1.54, 1.807) is 14.0 Å². The molecule has 2 N–H and O–H groups in total. The van der Waals surface area contributed by atoms with Gasteiger partial charge in [-0.05, 0) is 19.1 Å². The lowest BCUT2D eigenvalue weighted by Crippen LogP contribution is -2.34. The van der Waals surface area contributed by atoms with Gasteiger partial charge in [-0.1, -0.05) is 31.5 Å². The maximum atomic E-state index is 11.5. The number of ether oxygens (including phenoxy) is 1. The van der Waals surface area contributed by atoms with E-state index >= 15 is 0 Å². The van der Waals surface area contributed by atoms with Crippen LogP contribution in [0.4, 0.5) is 0 Å². The van der Waals surface area contributed by atoms with Crippen molar-refractivity contribution in [1.29, 1.82) is 0 Å². The summed E-state index contributed by atoms with van der Waals surface area (Å²) >= 11 is 6.19. The fourth-order valence-corrected chi connectivity index (χ4v) is 1.81. The van der Waals surface area contributed by atoms with E-state index in [1.807, 2.05) is 18.2 Å². The quantitative estimate of drug-likeness (QED) is 0.843. The van der Waals surface area contributed by atoms with Gasteiger partial charge in [0.05, 0.1) is 0 Å². The van der Waals surface area contributed by atoms with Crippen molar-refractivity contribution in [3.05, 3.63) is 28.8 Å². The van der Waals surface area contributed by atoms with Crippen LogP contribution in [0.1, 0.15) is 26.3 Å². The minimum absolute atomic E-state index is 0.164. The molecule has 1 aromatic carbocycles. The summed E-state index contributed by atoms with van der Waals surface area (Å²) < 4.78 is 5.67. The van der Waals surface area contributed by atoms with Gasteiger partial charge >= 0.3 is 0 Å². The second-order valence-electron chi connectivity index (χ2n) is 4.63. The Kier molecular flexibility index (Phi) is 6.12. The minimum atomic E-state index is -0.554. The summed E-state index contributed by atoms with van der Waals surface area (Å²) in [6, 6.07) is 5.80. The van der Waals surface area contributed by atoms with Crippen LogP contribution in [0.15, 0.2) is 18.2 Å². The first-order chi connectivity index (χ1) is 8.95. The van der Waals surface area contributed by atoms with Crippen LogP contribution in [0.5, 0.6) is 5.75 Å². The van der Waals surface area contributed by atoms with Crippen molar-refractivity contribution in [2.75, 3.05) is 7.05 Å². The molecule has 0 fully saturated rings. The normalized spacial score (nSPS) is 12.3. The average Bonchev–Trinajstić information content (AvgIpc) is 2.36. The molecule has 0 saturated heterocycles. The molecule has 1 amide bonds. The molecule has 0 heterocycles. The molecular weight excluding hydrogens is 264 g/mol. The lowest BCUT2D eigenvalue weighted by atomic mass is 10.2. The Morgan fingerprint density at radius 2 is 2.05 bits per heavy atom. The highest BCUT2D eigenvalue weighted by molar-refractivity contribution is 6.31. The zero-order chi connectivity index (χ0) is 14.4. The number of hydrogen-bond donors (Lipinski definition) is 2. The molecule has 5 heteroatoms. The van der Waals surface area contributed by atoms with Crippen LogP contribution in [0.3, 0.4) is 0 Å². The van der Waals surface area contributed by atoms with Crippen molar-refractivity contribution in [2.24, 2.45) is 0 Å². The number of carbonyl (C=O) groups is 1. The molecule has 0 aliphatic rings. The molecule has 1 atom stereocenters. The maximum absolute atomic E-state index is 11.5. The number of hydrogen-bond acceptors (Lipinski definition) is 3. The van der Waals surface area contributed by atoms with Gasteiger partial charge in [-0.15, -0.1) is 0 Å². The molecule has 1 unspecified atom stereocenters. The van der Waals surface area contributed by atoms with E-state index in [2.05, 4.69) is 24.5 Å². The van der Waals surface area contributed by atoms with E-state index in [0.717, 1.165) is 5.56 Å². The van der Waals surface area contributed by atoms with Gasteiger partial charge in [0.2, 0.25) is 0 Å². The predicted octanol–water partition coefficient (Wildman–Crippen LogP) is 2.35. The Bertz CT molecular complexity index is 435. The number of amides is 1. The topological polar surface area (TPSA) is 50.4 Å². The van der Waals surface area contributed by atoms with Gasteiger partial charge in [0.1, 0.15) is 5.75 Å². The third-order valence-corrected chi connectivity index (χ3v) is 3.04. The molecule has 19 heavy (non-hydrogen) atoms. The summed E-state index contributed by atoms with van der Waals surface area (Å²) in [4.78, 5) is 11.5. The highest BCUT2D eigenvalue weighted by atomic mass is 35.5. The molecule has 0 aliphatic heterocycles. The highest BCUT2D eigenvalue weighted by Crippen LogP contribution is 2.27. The Morgan fingerprint density at radius 1 is 1.37 bits per heavy atom. The van der Waals surface area contributed by atoms with Crippen LogP contribution in [0.25, 0.3) is 0 Å². The van der Waals surface area contributed by atoms with Crippen LogP contribution in [-0.2, 0) is 11.3 Å². The Morgan fingerprint density at radius 3 is 2.63 bits per heavy atom. The summed E-state index contributed by atoms with van der Waals surface area (Å²) in [5.74, 6) is 0.472. The molecule has 0 bridgehead atoms. The van der Waals surface area contributed by atoms with E-state index in [4.69, 9.17) is 16.3 Å². The smallest absolute Gasteiger partial charge is 0.260 e. The van der Waals surface area contributed by atoms with Crippen LogP contribution in [-0.4, -0.2) is 25.1 Å². The molecule has 0 saturated carbocycles. The zero-order valence-corrected chi connectivity index (χ0v) is 12.5. The third kappa shape index (κ3) is 4.73. The fraction of sp³-hybridized carbons (Fsp3) is 0.500. The van der Waals surface area contributed by atoms with Crippen LogP contribution in [0.2, 0.25) is 5.02 Å². The molecule has 0 aromatic heterocycles. The van der Waals surface area contributed by atoms with Crippen LogP contribution in [0, 0.1) is 0 Å². The molecule has 0 aliphatic carbocycles. The fourth-order valence-electron chi connectivity index (χ4n) is 1.57. The first kappa shape index (κ1) is 15.8. The highest BCUT2D eigenvalue weighted by Gasteiger charge is 2.16. The maximum Gasteiger partial charge on any atom is 0.260 e. The van der Waals surface area contributed by atoms with Gasteiger partial charge in [0, 0.05) is 30.2 Å². The zero-order valence-electron chi connectivity index (χ0n) is 11.8. The van der Waals surface area contributed by atoms with Crippen LogP contribution < -0.4 is 15.4 Å². The van der Waals surface area contributed by atoms with Crippen molar-refractivity contribution in [2.45, 2.75) is 39.5 Å². The molecular formula is C14H21ClN2O2. The van der Waals surface area contributed by atoms with Gasteiger partial charge in [0.25, 0.3) is 5.91 Å². The number of benzene rings is 1. The molecule has 0 spiro atoms. The average molecular weight is 285 g/mol. The third-order valence-electron chi connectivity index (χ3n) is 2.68. The summed E-state index contributed by atoms with van der Waals surface area (Å²) in [6.07, 6.45) is -0.554. The second kappa shape index (κ2) is 7.36. The van der Waals surface area contributed by atoms with Crippen molar-refractivity contribution in [3.8, 4) is 5.75 Å². The molecule has 1 rings (SSSR count). The van der Waals surface area contributed by atoms with Crippen molar-refractivity contribution in [3.63, 3.8) is 0 Å². The van der Waals surface area contributed by atoms with E-state index in [9.17, 15) is 4.79 Å². The Hall–Kier alpha value is -1.26. The predicted molar refractivity (Wildman–Crippen MR) is 77.6 cm³/mol. The number of halogens is 1. The lowest BCUT2D eigenvalue weighted by molar-refractivity contribution is -0.126. The standard InChI is InChI=1S/C14H21ClN2O2/c1-9(2)17-8-11-12(15)6-5-7-13(11)19-10(3)14(18)16-4/h5-7,9-10,17H,8H2,1-4H3,(H,16,18). The monoisotopic (exact) mass is 284 g/mol. The Labute approximate surface area is 119 Å². The van der Waals surface area contributed by atoms with Crippen LogP contribution >= 0.6 is 11.6 Å². The van der Waals surface area contributed by atoms with Crippen molar-refractivity contribution < 1.29 is 9.53 Å². The Balaban J connectivity index is 2.87. The second-order valence-corrected chi connectivity index (χ2v) is 5.03. The largest absolute Gasteiger partial charge is 0.481 e. The molecule has 4 nitrogen and oxygen atoms in total.